The maximum Gasteiger partial charge on any atom is 0.119 e. The molecule has 1 aliphatic carbocycles. The number of benzene rings is 1. The summed E-state index contributed by atoms with van der Waals surface area (Å²) >= 11 is 0. The number of nitrogens with one attached hydrogen (secondary N) is 1. The molecule has 2 nitrogen and oxygen atoms in total. The molecular weight excluding hydrogens is 210 g/mol. The van der Waals surface area contributed by atoms with Gasteiger partial charge in [-0.1, -0.05) is 19.1 Å². The van der Waals surface area contributed by atoms with E-state index in [4.69, 9.17) is 6.42 Å². The highest BCUT2D eigenvalue weighted by Crippen LogP contribution is 2.36. The van der Waals surface area contributed by atoms with Gasteiger partial charge in [0.1, 0.15) is 5.75 Å². The first-order valence-corrected chi connectivity index (χ1v) is 6.26. The number of terminal acetylenes is 1. The Morgan fingerprint density at radius 1 is 1.59 bits per heavy atom. The average Bonchev–Trinajstić information content (AvgIpc) is 2.73. The summed E-state index contributed by atoms with van der Waals surface area (Å²) in [5.74, 6) is 3.14. The van der Waals surface area contributed by atoms with Crippen molar-refractivity contribution in [1.82, 2.24) is 5.32 Å². The van der Waals surface area contributed by atoms with Crippen LogP contribution in [0.2, 0.25) is 0 Å². The van der Waals surface area contributed by atoms with Crippen molar-refractivity contribution in [3.8, 4) is 18.1 Å². The van der Waals surface area contributed by atoms with Gasteiger partial charge in [0.05, 0.1) is 0 Å². The molecule has 1 aromatic carbocycles. The summed E-state index contributed by atoms with van der Waals surface area (Å²) in [6, 6.07) is 6.49. The number of rotatable bonds is 4. The van der Waals surface area contributed by atoms with E-state index in [-0.39, 0.29) is 0 Å². The Kier molecular flexibility index (Phi) is 3.71. The summed E-state index contributed by atoms with van der Waals surface area (Å²) in [5.41, 5.74) is 2.33. The molecule has 2 N–H and O–H groups in total. The first-order chi connectivity index (χ1) is 8.26. The summed E-state index contributed by atoms with van der Waals surface area (Å²) < 4.78 is 0. The molecule has 0 spiro atoms. The maximum atomic E-state index is 9.78. The smallest absolute Gasteiger partial charge is 0.119 e. The fraction of sp³-hybridized carbons (Fsp3) is 0.467. The maximum absolute atomic E-state index is 9.78. The van der Waals surface area contributed by atoms with Crippen molar-refractivity contribution in [3.05, 3.63) is 29.3 Å². The van der Waals surface area contributed by atoms with Crippen molar-refractivity contribution >= 4 is 0 Å². The minimum absolute atomic E-state index is 0.343. The van der Waals surface area contributed by atoms with Gasteiger partial charge in [-0.05, 0) is 36.5 Å². The largest absolute Gasteiger partial charge is 0.508 e. The highest BCUT2D eigenvalue weighted by Gasteiger charge is 2.25. The van der Waals surface area contributed by atoms with Crippen LogP contribution in [0.15, 0.2) is 18.2 Å². The third-order valence-corrected chi connectivity index (χ3v) is 3.54. The quantitative estimate of drug-likeness (QED) is 0.778. The van der Waals surface area contributed by atoms with Gasteiger partial charge < -0.3 is 10.4 Å². The van der Waals surface area contributed by atoms with Crippen molar-refractivity contribution in [1.29, 1.82) is 0 Å². The van der Waals surface area contributed by atoms with Crippen LogP contribution < -0.4 is 5.32 Å². The molecule has 1 aromatic rings. The fourth-order valence-corrected chi connectivity index (χ4v) is 2.56. The summed E-state index contributed by atoms with van der Waals surface area (Å²) in [6.07, 6.45) is 9.17. The Balaban J connectivity index is 2.12. The molecule has 0 saturated heterocycles. The molecule has 1 aliphatic rings. The van der Waals surface area contributed by atoms with Crippen molar-refractivity contribution < 1.29 is 5.11 Å². The number of hydrogen-bond donors (Lipinski definition) is 2. The van der Waals surface area contributed by atoms with E-state index in [9.17, 15) is 5.11 Å². The molecule has 0 radical (unpaired) electrons. The van der Waals surface area contributed by atoms with Crippen molar-refractivity contribution in [2.45, 2.75) is 44.7 Å². The zero-order valence-corrected chi connectivity index (χ0v) is 10.2. The molecule has 2 atom stereocenters. The van der Waals surface area contributed by atoms with Crippen molar-refractivity contribution in [3.63, 3.8) is 0 Å². The van der Waals surface area contributed by atoms with Gasteiger partial charge in [-0.2, -0.15) is 0 Å². The lowest BCUT2D eigenvalue weighted by atomic mass is 10.0. The molecule has 2 unspecified atom stereocenters. The molecule has 0 fully saturated rings. The third-order valence-electron chi connectivity index (χ3n) is 3.54. The number of phenolic OH excluding ortho intramolecular Hbond substituents is 1. The molecule has 0 heterocycles. The van der Waals surface area contributed by atoms with E-state index in [0.717, 1.165) is 31.2 Å². The minimum atomic E-state index is 0.343. The highest BCUT2D eigenvalue weighted by atomic mass is 16.3. The van der Waals surface area contributed by atoms with E-state index in [2.05, 4.69) is 24.2 Å². The molecule has 2 rings (SSSR count). The van der Waals surface area contributed by atoms with Crippen LogP contribution in [0.25, 0.3) is 0 Å². The summed E-state index contributed by atoms with van der Waals surface area (Å²) in [7, 11) is 0. The van der Waals surface area contributed by atoms with Gasteiger partial charge in [0.2, 0.25) is 0 Å². The van der Waals surface area contributed by atoms with Gasteiger partial charge in [0.15, 0.2) is 0 Å². The van der Waals surface area contributed by atoms with Crippen LogP contribution in [0.4, 0.5) is 0 Å². The Labute approximate surface area is 103 Å². The summed E-state index contributed by atoms with van der Waals surface area (Å²) in [4.78, 5) is 0. The third kappa shape index (κ3) is 2.45. The minimum Gasteiger partial charge on any atom is -0.508 e. The van der Waals surface area contributed by atoms with Crippen LogP contribution in [0.3, 0.4) is 0 Å². The second-order valence-electron chi connectivity index (χ2n) is 4.62. The van der Waals surface area contributed by atoms with Gasteiger partial charge in [0, 0.05) is 18.5 Å². The normalized spacial score (nSPS) is 19.6. The van der Waals surface area contributed by atoms with Crippen LogP contribution >= 0.6 is 0 Å². The predicted molar refractivity (Wildman–Crippen MR) is 69.8 cm³/mol. The molecule has 0 aliphatic heterocycles. The van der Waals surface area contributed by atoms with Crippen molar-refractivity contribution in [2.75, 3.05) is 0 Å². The van der Waals surface area contributed by atoms with E-state index in [1.165, 1.54) is 5.56 Å². The van der Waals surface area contributed by atoms with E-state index in [1.807, 2.05) is 6.07 Å². The standard InChI is InChI=1S/C15H19NO/c1-3-6-11(4-2)16-14-10-9-13-12(14)7-5-8-15(13)17/h1,5,7-8,11,14,16-17H,4,6,9-10H2,2H3. The number of aromatic hydroxyl groups is 1. The molecule has 17 heavy (non-hydrogen) atoms. The lowest BCUT2D eigenvalue weighted by molar-refractivity contribution is 0.427. The summed E-state index contributed by atoms with van der Waals surface area (Å²) in [5, 5.41) is 13.4. The van der Waals surface area contributed by atoms with Gasteiger partial charge in [-0.3, -0.25) is 0 Å². The van der Waals surface area contributed by atoms with Crippen LogP contribution in [-0.4, -0.2) is 11.1 Å². The number of fused-ring (bicyclic) bond motifs is 1. The van der Waals surface area contributed by atoms with Gasteiger partial charge in [-0.15, -0.1) is 12.3 Å². The second kappa shape index (κ2) is 5.25. The Morgan fingerprint density at radius 2 is 2.41 bits per heavy atom. The lowest BCUT2D eigenvalue weighted by Gasteiger charge is -2.21. The van der Waals surface area contributed by atoms with E-state index >= 15 is 0 Å². The van der Waals surface area contributed by atoms with E-state index in [1.54, 1.807) is 6.07 Å². The Morgan fingerprint density at radius 3 is 3.12 bits per heavy atom. The zero-order chi connectivity index (χ0) is 12.3. The molecule has 0 saturated carbocycles. The van der Waals surface area contributed by atoms with Crippen LogP contribution in [-0.2, 0) is 6.42 Å². The number of phenols is 1. The molecular formula is C15H19NO. The topological polar surface area (TPSA) is 32.3 Å². The van der Waals surface area contributed by atoms with Crippen LogP contribution in [0, 0.1) is 12.3 Å². The SMILES string of the molecule is C#CCC(CC)NC1CCc2c(O)cccc21. The first kappa shape index (κ1) is 12.0. The van der Waals surface area contributed by atoms with E-state index in [0.29, 0.717) is 17.8 Å². The van der Waals surface area contributed by atoms with E-state index < -0.39 is 0 Å². The number of hydrogen-bond acceptors (Lipinski definition) is 2. The predicted octanol–water partition coefficient (Wildman–Crippen LogP) is 2.77. The van der Waals surface area contributed by atoms with Crippen LogP contribution in [0.5, 0.6) is 5.75 Å². The molecule has 2 heteroatoms. The molecule has 90 valence electrons. The lowest BCUT2D eigenvalue weighted by Crippen LogP contribution is -2.31. The summed E-state index contributed by atoms with van der Waals surface area (Å²) in [6.45, 7) is 2.15. The second-order valence-corrected chi connectivity index (χ2v) is 4.62. The zero-order valence-electron chi connectivity index (χ0n) is 10.2. The van der Waals surface area contributed by atoms with Gasteiger partial charge >= 0.3 is 0 Å². The average molecular weight is 229 g/mol. The van der Waals surface area contributed by atoms with Crippen LogP contribution in [0.1, 0.15) is 43.4 Å². The Bertz CT molecular complexity index is 433. The van der Waals surface area contributed by atoms with Crippen molar-refractivity contribution in [2.24, 2.45) is 0 Å². The monoisotopic (exact) mass is 229 g/mol. The highest BCUT2D eigenvalue weighted by molar-refractivity contribution is 5.44. The molecule has 0 aromatic heterocycles. The fourth-order valence-electron chi connectivity index (χ4n) is 2.56. The first-order valence-electron chi connectivity index (χ1n) is 6.26. The molecule has 0 amide bonds. The Hall–Kier alpha value is -1.46. The molecule has 0 bridgehead atoms. The van der Waals surface area contributed by atoms with Gasteiger partial charge in [-0.25, -0.2) is 0 Å². The van der Waals surface area contributed by atoms with Gasteiger partial charge in [0.25, 0.3) is 0 Å².